The van der Waals surface area contributed by atoms with E-state index >= 15 is 0 Å². The number of hydrogen-bond donors (Lipinski definition) is 0. The zero-order valence-electron chi connectivity index (χ0n) is 17.0. The van der Waals surface area contributed by atoms with E-state index in [1.54, 1.807) is 32.9 Å². The Kier molecular flexibility index (Phi) is 5.05. The van der Waals surface area contributed by atoms with Crippen LogP contribution >= 0.6 is 0 Å². The van der Waals surface area contributed by atoms with Crippen LogP contribution in [0.3, 0.4) is 0 Å². The van der Waals surface area contributed by atoms with Crippen molar-refractivity contribution in [3.05, 3.63) is 12.2 Å². The zero-order chi connectivity index (χ0) is 20.9. The van der Waals surface area contributed by atoms with Crippen LogP contribution in [0.2, 0.25) is 0 Å². The monoisotopic (exact) mass is 409 g/mol. The van der Waals surface area contributed by atoms with E-state index in [0.29, 0.717) is 6.42 Å². The Hall–Kier alpha value is -1.81. The number of likely N-dealkylation sites (tertiary alicyclic amines) is 1. The van der Waals surface area contributed by atoms with Crippen LogP contribution in [0.15, 0.2) is 12.2 Å². The van der Waals surface area contributed by atoms with Gasteiger partial charge in [-0.2, -0.15) is 0 Å². The van der Waals surface area contributed by atoms with Crippen LogP contribution in [0, 0.1) is 11.3 Å². The Morgan fingerprint density at radius 2 is 1.90 bits per heavy atom. The summed E-state index contributed by atoms with van der Waals surface area (Å²) >= 11 is 0. The molecule has 9 nitrogen and oxygen atoms in total. The van der Waals surface area contributed by atoms with Gasteiger partial charge in [-0.1, -0.05) is 6.08 Å². The van der Waals surface area contributed by atoms with Crippen LogP contribution in [0.4, 0.5) is 0 Å². The number of esters is 1. The van der Waals surface area contributed by atoms with Gasteiger partial charge < -0.3 is 23.7 Å². The summed E-state index contributed by atoms with van der Waals surface area (Å²) in [6, 6.07) is 0. The first kappa shape index (κ1) is 20.5. The van der Waals surface area contributed by atoms with Crippen LogP contribution in [-0.2, 0) is 38.1 Å². The summed E-state index contributed by atoms with van der Waals surface area (Å²) in [6.07, 6.45) is 3.70. The highest BCUT2D eigenvalue weighted by atomic mass is 16.7. The van der Waals surface area contributed by atoms with Gasteiger partial charge in [0.05, 0.1) is 45.0 Å². The lowest BCUT2D eigenvalue weighted by Crippen LogP contribution is -2.56. The van der Waals surface area contributed by atoms with Gasteiger partial charge in [-0.3, -0.25) is 19.3 Å². The molecule has 4 rings (SSSR count). The highest BCUT2D eigenvalue weighted by Gasteiger charge is 2.62. The number of carbonyl (C=O) groups is 3. The average molecular weight is 409 g/mol. The van der Waals surface area contributed by atoms with Crippen molar-refractivity contribution in [3.63, 3.8) is 0 Å². The summed E-state index contributed by atoms with van der Waals surface area (Å²) in [5.74, 6) is -1.93. The molecule has 0 N–H and O–H groups in total. The van der Waals surface area contributed by atoms with E-state index in [2.05, 4.69) is 0 Å². The Labute approximate surface area is 169 Å². The van der Waals surface area contributed by atoms with Crippen molar-refractivity contribution < 1.29 is 38.1 Å². The van der Waals surface area contributed by atoms with Crippen LogP contribution in [0.25, 0.3) is 0 Å². The number of fused-ring (bicyclic) bond motifs is 3. The molecule has 0 aliphatic carbocycles. The molecule has 0 aromatic heterocycles. The Morgan fingerprint density at radius 3 is 2.62 bits per heavy atom. The molecule has 4 aliphatic heterocycles. The van der Waals surface area contributed by atoms with E-state index in [1.165, 1.54) is 4.90 Å². The van der Waals surface area contributed by atoms with Crippen LogP contribution < -0.4 is 0 Å². The number of amides is 2. The molecule has 0 aromatic carbocycles. The number of rotatable bonds is 7. The van der Waals surface area contributed by atoms with Gasteiger partial charge in [0, 0.05) is 6.42 Å². The minimum atomic E-state index is -0.965. The first-order chi connectivity index (χ1) is 13.7. The molecule has 9 heteroatoms. The molecule has 160 valence electrons. The number of carbonyl (C=O) groups excluding carboxylic acids is 3. The second-order valence-electron chi connectivity index (χ2n) is 8.72. The molecule has 3 fully saturated rings. The second-order valence-corrected chi connectivity index (χ2v) is 8.72. The minimum absolute atomic E-state index is 0.0696. The maximum atomic E-state index is 12.6. The lowest BCUT2D eigenvalue weighted by molar-refractivity contribution is -0.281. The maximum absolute atomic E-state index is 12.6. The summed E-state index contributed by atoms with van der Waals surface area (Å²) < 4.78 is 27.5. The normalized spacial score (nSPS) is 34.0. The van der Waals surface area contributed by atoms with Crippen molar-refractivity contribution in [1.82, 2.24) is 4.90 Å². The van der Waals surface area contributed by atoms with E-state index in [9.17, 15) is 14.4 Å². The molecule has 2 unspecified atom stereocenters. The first-order valence-electron chi connectivity index (χ1n) is 9.92. The Morgan fingerprint density at radius 1 is 1.17 bits per heavy atom. The molecule has 2 amide bonds. The molecule has 29 heavy (non-hydrogen) atoms. The largest absolute Gasteiger partial charge is 0.463 e. The van der Waals surface area contributed by atoms with Crippen molar-refractivity contribution in [3.8, 4) is 0 Å². The third-order valence-electron chi connectivity index (χ3n) is 5.90. The number of nitrogens with zero attached hydrogens (tertiary/aromatic N) is 1. The van der Waals surface area contributed by atoms with Crippen molar-refractivity contribution in [2.24, 2.45) is 11.3 Å². The molecule has 4 heterocycles. The van der Waals surface area contributed by atoms with Gasteiger partial charge in [-0.25, -0.2) is 0 Å². The third-order valence-corrected chi connectivity index (χ3v) is 5.90. The van der Waals surface area contributed by atoms with Gasteiger partial charge in [-0.05, 0) is 26.8 Å². The highest BCUT2D eigenvalue weighted by molar-refractivity contribution is 6.06. The van der Waals surface area contributed by atoms with Crippen LogP contribution in [0.1, 0.15) is 27.2 Å². The minimum Gasteiger partial charge on any atom is -0.463 e. The summed E-state index contributed by atoms with van der Waals surface area (Å²) in [5, 5.41) is 0. The predicted molar refractivity (Wildman–Crippen MR) is 97.4 cm³/mol. The fourth-order valence-electron chi connectivity index (χ4n) is 4.02. The fourth-order valence-corrected chi connectivity index (χ4v) is 4.02. The molecular weight excluding hydrogens is 382 g/mol. The van der Waals surface area contributed by atoms with Crippen molar-refractivity contribution in [2.45, 2.75) is 44.7 Å². The Bertz CT molecular complexity index is 737. The van der Waals surface area contributed by atoms with E-state index in [0.717, 1.165) is 0 Å². The predicted octanol–water partition coefficient (Wildman–Crippen LogP) is 0.418. The Balaban J connectivity index is 1.17. The standard InChI is InChI=1S/C20H27NO8/c1-18(2)27-11-19(3,12-28-18)17(24)26-9-8-25-7-6-21-15(22)13-10-20(16(21)23)5-4-14(13)29-20/h4-5,13-14H,6-12H2,1-3H3/t13-,14?,20?/m0/s1. The van der Waals surface area contributed by atoms with Crippen molar-refractivity contribution in [1.29, 1.82) is 0 Å². The van der Waals surface area contributed by atoms with E-state index < -0.39 is 22.8 Å². The van der Waals surface area contributed by atoms with E-state index in [1.807, 2.05) is 0 Å². The highest BCUT2D eigenvalue weighted by Crippen LogP contribution is 2.47. The number of hydrogen-bond acceptors (Lipinski definition) is 8. The van der Waals surface area contributed by atoms with Crippen molar-refractivity contribution in [2.75, 3.05) is 39.6 Å². The van der Waals surface area contributed by atoms with Crippen LogP contribution in [-0.4, -0.2) is 79.8 Å². The summed E-state index contributed by atoms with van der Waals surface area (Å²) in [5.41, 5.74) is -1.82. The lowest BCUT2D eigenvalue weighted by atomic mass is 9.81. The summed E-state index contributed by atoms with van der Waals surface area (Å²) in [6.45, 7) is 6.32. The molecule has 0 aromatic rings. The van der Waals surface area contributed by atoms with Gasteiger partial charge in [-0.15, -0.1) is 0 Å². The number of piperidine rings is 1. The molecular formula is C20H27NO8. The maximum Gasteiger partial charge on any atom is 0.316 e. The molecule has 0 radical (unpaired) electrons. The summed E-state index contributed by atoms with van der Waals surface area (Å²) in [7, 11) is 0. The number of ether oxygens (including phenoxy) is 5. The summed E-state index contributed by atoms with van der Waals surface area (Å²) in [4.78, 5) is 38.6. The lowest BCUT2D eigenvalue weighted by Gasteiger charge is -2.39. The fraction of sp³-hybridized carbons (Fsp3) is 0.750. The quantitative estimate of drug-likeness (QED) is 0.258. The van der Waals surface area contributed by atoms with Crippen molar-refractivity contribution >= 4 is 17.8 Å². The van der Waals surface area contributed by atoms with E-state index in [4.69, 9.17) is 23.7 Å². The SMILES string of the molecule is CC1(C)OCC(C)(C(=O)OCCOCCN2C(=O)[C@H]3CC4(C=CC3O4)C2=O)CO1. The first-order valence-corrected chi connectivity index (χ1v) is 9.92. The van der Waals surface area contributed by atoms with Gasteiger partial charge in [0.2, 0.25) is 5.91 Å². The third kappa shape index (κ3) is 3.61. The second kappa shape index (κ2) is 7.16. The number of imide groups is 1. The van der Waals surface area contributed by atoms with Gasteiger partial charge in [0.25, 0.3) is 5.91 Å². The average Bonchev–Trinajstić information content (AvgIpc) is 3.26. The van der Waals surface area contributed by atoms with E-state index in [-0.39, 0.29) is 63.4 Å². The van der Waals surface area contributed by atoms with Gasteiger partial charge in [0.15, 0.2) is 11.4 Å². The van der Waals surface area contributed by atoms with Gasteiger partial charge >= 0.3 is 5.97 Å². The molecule has 3 saturated heterocycles. The van der Waals surface area contributed by atoms with Gasteiger partial charge in [0.1, 0.15) is 12.0 Å². The van der Waals surface area contributed by atoms with Crippen LogP contribution in [0.5, 0.6) is 0 Å². The topological polar surface area (TPSA) is 101 Å². The molecule has 4 aliphatic rings. The molecule has 3 bridgehead atoms. The smallest absolute Gasteiger partial charge is 0.316 e. The zero-order valence-corrected chi connectivity index (χ0v) is 17.0. The molecule has 3 atom stereocenters. The molecule has 0 saturated carbocycles. The molecule has 1 spiro atoms.